The number of carbonyl (C=O) groups excluding carboxylic acids is 1. The maximum Gasteiger partial charge on any atom is 0.573 e. The minimum absolute atomic E-state index is 0.0174. The molecule has 0 bridgehead atoms. The van der Waals surface area contributed by atoms with Crippen LogP contribution in [0.2, 0.25) is 0 Å². The molecule has 0 saturated carbocycles. The summed E-state index contributed by atoms with van der Waals surface area (Å²) in [5.41, 5.74) is 4.61. The van der Waals surface area contributed by atoms with Crippen LogP contribution >= 0.6 is 0 Å². The van der Waals surface area contributed by atoms with Crippen molar-refractivity contribution in [1.82, 2.24) is 0 Å². The molecule has 0 radical (unpaired) electrons. The van der Waals surface area contributed by atoms with Gasteiger partial charge in [-0.2, -0.15) is 0 Å². The SMILES string of the molecule is CC(C)(C)OC(=O)c1cc(OC(F)(F)F)ccc1N. The van der Waals surface area contributed by atoms with Gasteiger partial charge in [0.05, 0.1) is 5.56 Å². The molecule has 0 aliphatic carbocycles. The van der Waals surface area contributed by atoms with E-state index in [1.54, 1.807) is 20.8 Å². The minimum atomic E-state index is -4.83. The predicted octanol–water partition coefficient (Wildman–Crippen LogP) is 3.12. The van der Waals surface area contributed by atoms with Gasteiger partial charge in [0.1, 0.15) is 11.4 Å². The summed E-state index contributed by atoms with van der Waals surface area (Å²) in [6.07, 6.45) is -4.83. The fraction of sp³-hybridized carbons (Fsp3) is 0.417. The Morgan fingerprint density at radius 2 is 1.79 bits per heavy atom. The van der Waals surface area contributed by atoms with Crippen LogP contribution in [0.1, 0.15) is 31.1 Å². The summed E-state index contributed by atoms with van der Waals surface area (Å²) in [6, 6.07) is 3.08. The molecule has 106 valence electrons. The minimum Gasteiger partial charge on any atom is -0.456 e. The van der Waals surface area contributed by atoms with E-state index in [0.29, 0.717) is 0 Å². The molecular weight excluding hydrogens is 263 g/mol. The van der Waals surface area contributed by atoms with Gasteiger partial charge in [0.2, 0.25) is 0 Å². The highest BCUT2D eigenvalue weighted by Crippen LogP contribution is 2.27. The van der Waals surface area contributed by atoms with E-state index in [2.05, 4.69) is 4.74 Å². The van der Waals surface area contributed by atoms with E-state index in [0.717, 1.165) is 18.2 Å². The van der Waals surface area contributed by atoms with Crippen molar-refractivity contribution in [2.75, 3.05) is 5.73 Å². The summed E-state index contributed by atoms with van der Waals surface area (Å²) in [6.45, 7) is 4.91. The van der Waals surface area contributed by atoms with Crippen LogP contribution in [0.4, 0.5) is 18.9 Å². The first-order valence-electron chi connectivity index (χ1n) is 5.36. The van der Waals surface area contributed by atoms with Crippen molar-refractivity contribution >= 4 is 11.7 Å². The highest BCUT2D eigenvalue weighted by Gasteiger charge is 2.31. The number of nitrogens with two attached hydrogens (primary N) is 1. The number of nitrogen functional groups attached to an aromatic ring is 1. The molecule has 0 aliphatic rings. The number of alkyl halides is 3. The normalized spacial score (nSPS) is 12.1. The van der Waals surface area contributed by atoms with E-state index in [-0.39, 0.29) is 11.3 Å². The zero-order valence-electron chi connectivity index (χ0n) is 10.7. The van der Waals surface area contributed by atoms with Crippen molar-refractivity contribution in [3.8, 4) is 5.75 Å². The second-order valence-corrected chi connectivity index (χ2v) is 4.80. The maximum absolute atomic E-state index is 12.1. The molecule has 1 rings (SSSR count). The molecule has 0 spiro atoms. The predicted molar refractivity (Wildman–Crippen MR) is 62.7 cm³/mol. The molecule has 1 aromatic carbocycles. The van der Waals surface area contributed by atoms with Gasteiger partial charge in [-0.15, -0.1) is 13.2 Å². The van der Waals surface area contributed by atoms with Crippen LogP contribution in [0, 0.1) is 0 Å². The molecular formula is C12H14F3NO3. The Balaban J connectivity index is 3.01. The molecule has 0 amide bonds. The second-order valence-electron chi connectivity index (χ2n) is 4.80. The second kappa shape index (κ2) is 4.99. The molecule has 0 atom stereocenters. The highest BCUT2D eigenvalue weighted by molar-refractivity contribution is 5.95. The van der Waals surface area contributed by atoms with Gasteiger partial charge in [0.25, 0.3) is 0 Å². The summed E-state index contributed by atoms with van der Waals surface area (Å²) in [5, 5.41) is 0. The third-order valence-corrected chi connectivity index (χ3v) is 1.88. The monoisotopic (exact) mass is 277 g/mol. The van der Waals surface area contributed by atoms with E-state index in [1.807, 2.05) is 0 Å². The lowest BCUT2D eigenvalue weighted by Crippen LogP contribution is -2.24. The van der Waals surface area contributed by atoms with Gasteiger partial charge in [-0.05, 0) is 39.0 Å². The summed E-state index contributed by atoms with van der Waals surface area (Å²) in [7, 11) is 0. The number of hydrogen-bond acceptors (Lipinski definition) is 4. The standard InChI is InChI=1S/C12H14F3NO3/c1-11(2,3)19-10(17)8-6-7(4-5-9(8)16)18-12(13,14)15/h4-6H,16H2,1-3H3. The zero-order chi connectivity index (χ0) is 14.8. The number of ether oxygens (including phenoxy) is 2. The summed E-state index contributed by atoms with van der Waals surface area (Å²) in [4.78, 5) is 11.8. The Morgan fingerprint density at radius 1 is 1.21 bits per heavy atom. The molecule has 7 heteroatoms. The fourth-order valence-corrected chi connectivity index (χ4v) is 1.24. The third kappa shape index (κ3) is 5.07. The Labute approximate surface area is 108 Å². The largest absolute Gasteiger partial charge is 0.573 e. The molecule has 0 aliphatic heterocycles. The van der Waals surface area contributed by atoms with Gasteiger partial charge in [0.15, 0.2) is 0 Å². The highest BCUT2D eigenvalue weighted by atomic mass is 19.4. The molecule has 4 nitrogen and oxygen atoms in total. The van der Waals surface area contributed by atoms with Crippen molar-refractivity contribution in [3.63, 3.8) is 0 Å². The molecule has 0 saturated heterocycles. The van der Waals surface area contributed by atoms with Gasteiger partial charge in [-0.3, -0.25) is 0 Å². The molecule has 0 unspecified atom stereocenters. The average Bonchev–Trinajstić information content (AvgIpc) is 2.16. The van der Waals surface area contributed by atoms with Crippen LogP contribution in [0.25, 0.3) is 0 Å². The number of halogens is 3. The van der Waals surface area contributed by atoms with Gasteiger partial charge in [-0.1, -0.05) is 0 Å². The van der Waals surface area contributed by atoms with Crippen LogP contribution in [-0.4, -0.2) is 17.9 Å². The first kappa shape index (κ1) is 15.1. The summed E-state index contributed by atoms with van der Waals surface area (Å²) in [5.74, 6) is -1.33. The number of carbonyl (C=O) groups is 1. The molecule has 2 N–H and O–H groups in total. The van der Waals surface area contributed by atoms with Crippen LogP contribution in [0.3, 0.4) is 0 Å². The lowest BCUT2D eigenvalue weighted by molar-refractivity contribution is -0.274. The average molecular weight is 277 g/mol. The van der Waals surface area contributed by atoms with Gasteiger partial charge >= 0.3 is 12.3 Å². The van der Waals surface area contributed by atoms with Gasteiger partial charge in [0, 0.05) is 5.69 Å². The van der Waals surface area contributed by atoms with E-state index in [4.69, 9.17) is 10.5 Å². The number of hydrogen-bond donors (Lipinski definition) is 1. The topological polar surface area (TPSA) is 61.5 Å². The Hall–Kier alpha value is -1.92. The summed E-state index contributed by atoms with van der Waals surface area (Å²) >= 11 is 0. The zero-order valence-corrected chi connectivity index (χ0v) is 10.7. The van der Waals surface area contributed by atoms with E-state index >= 15 is 0 Å². The molecule has 0 aromatic heterocycles. The maximum atomic E-state index is 12.1. The molecule has 0 heterocycles. The fourth-order valence-electron chi connectivity index (χ4n) is 1.24. The van der Waals surface area contributed by atoms with Crippen LogP contribution in [-0.2, 0) is 4.74 Å². The molecule has 19 heavy (non-hydrogen) atoms. The molecule has 0 fully saturated rings. The number of esters is 1. The van der Waals surface area contributed by atoms with Crippen LogP contribution in [0.15, 0.2) is 18.2 Å². The Morgan fingerprint density at radius 3 is 2.26 bits per heavy atom. The number of benzene rings is 1. The third-order valence-electron chi connectivity index (χ3n) is 1.88. The number of rotatable bonds is 2. The van der Waals surface area contributed by atoms with E-state index < -0.39 is 23.7 Å². The van der Waals surface area contributed by atoms with Crippen molar-refractivity contribution in [2.45, 2.75) is 32.7 Å². The van der Waals surface area contributed by atoms with Gasteiger partial charge < -0.3 is 15.2 Å². The van der Waals surface area contributed by atoms with E-state index in [9.17, 15) is 18.0 Å². The van der Waals surface area contributed by atoms with E-state index in [1.165, 1.54) is 0 Å². The van der Waals surface area contributed by atoms with Crippen molar-refractivity contribution in [1.29, 1.82) is 0 Å². The van der Waals surface area contributed by atoms with Crippen molar-refractivity contribution < 1.29 is 27.4 Å². The Kier molecular flexibility index (Phi) is 3.97. The Bertz CT molecular complexity index is 478. The first-order chi connectivity index (χ1) is 8.48. The van der Waals surface area contributed by atoms with Crippen molar-refractivity contribution in [2.24, 2.45) is 0 Å². The quantitative estimate of drug-likeness (QED) is 0.666. The first-order valence-corrected chi connectivity index (χ1v) is 5.36. The summed E-state index contributed by atoms with van der Waals surface area (Å²) < 4.78 is 45.0. The lowest BCUT2D eigenvalue weighted by Gasteiger charge is -2.20. The van der Waals surface area contributed by atoms with Crippen LogP contribution < -0.4 is 10.5 Å². The lowest BCUT2D eigenvalue weighted by atomic mass is 10.1. The van der Waals surface area contributed by atoms with Crippen LogP contribution in [0.5, 0.6) is 5.75 Å². The number of anilines is 1. The van der Waals surface area contributed by atoms with Gasteiger partial charge in [-0.25, -0.2) is 4.79 Å². The molecule has 1 aromatic rings. The van der Waals surface area contributed by atoms with Crippen molar-refractivity contribution in [3.05, 3.63) is 23.8 Å². The smallest absolute Gasteiger partial charge is 0.456 e.